The quantitative estimate of drug-likeness (QED) is 0.512. The molecule has 0 saturated heterocycles. The molecule has 0 aliphatic heterocycles. The Bertz CT molecular complexity index is 959. The summed E-state index contributed by atoms with van der Waals surface area (Å²) in [6, 6.07) is 12.6. The minimum absolute atomic E-state index is 0.0270. The molecule has 0 saturated carbocycles. The van der Waals surface area contributed by atoms with Gasteiger partial charge in [-0.3, -0.25) is 4.79 Å². The third-order valence-electron chi connectivity index (χ3n) is 3.91. The molecule has 3 aromatic rings. The van der Waals surface area contributed by atoms with Crippen LogP contribution in [0.25, 0.3) is 11.8 Å². The van der Waals surface area contributed by atoms with Crippen LogP contribution in [-0.4, -0.2) is 15.6 Å². The molecule has 0 amide bonds. The highest BCUT2D eigenvalue weighted by Crippen LogP contribution is 2.19. The summed E-state index contributed by atoms with van der Waals surface area (Å²) in [4.78, 5) is 12.5. The fourth-order valence-electron chi connectivity index (χ4n) is 2.71. The highest BCUT2D eigenvalue weighted by molar-refractivity contribution is 6.08. The van der Waals surface area contributed by atoms with Gasteiger partial charge in [-0.05, 0) is 56.3 Å². The number of ketones is 1. The standard InChI is InChI=1S/C20H16F2N2O/c1-13-20(14(2)24(23-13)17-6-4-3-5-7-17)19(25)11-8-15-12-16(21)9-10-18(15)22/h3-12H,1-2H3. The van der Waals surface area contributed by atoms with E-state index in [2.05, 4.69) is 5.10 Å². The maximum atomic E-state index is 13.7. The molecule has 0 atom stereocenters. The Labute approximate surface area is 144 Å². The second-order valence-electron chi connectivity index (χ2n) is 5.66. The Balaban J connectivity index is 1.94. The fourth-order valence-corrected chi connectivity index (χ4v) is 2.71. The zero-order valence-electron chi connectivity index (χ0n) is 13.8. The van der Waals surface area contributed by atoms with E-state index in [1.165, 1.54) is 12.2 Å². The Hall–Kier alpha value is -3.08. The van der Waals surface area contributed by atoms with Gasteiger partial charge in [0.1, 0.15) is 11.6 Å². The predicted octanol–water partition coefficient (Wildman–Crippen LogP) is 4.66. The van der Waals surface area contributed by atoms with Crippen LogP contribution in [0.4, 0.5) is 8.78 Å². The van der Waals surface area contributed by atoms with Crippen LogP contribution in [0.2, 0.25) is 0 Å². The largest absolute Gasteiger partial charge is 0.289 e. The van der Waals surface area contributed by atoms with Crippen molar-refractivity contribution in [1.82, 2.24) is 9.78 Å². The summed E-state index contributed by atoms with van der Waals surface area (Å²) in [7, 11) is 0. The van der Waals surface area contributed by atoms with Gasteiger partial charge in [0.15, 0.2) is 5.78 Å². The maximum absolute atomic E-state index is 13.7. The molecule has 1 aromatic heterocycles. The van der Waals surface area contributed by atoms with Crippen molar-refractivity contribution in [1.29, 1.82) is 0 Å². The van der Waals surface area contributed by atoms with Gasteiger partial charge in [-0.15, -0.1) is 0 Å². The molecule has 3 nitrogen and oxygen atoms in total. The van der Waals surface area contributed by atoms with Crippen molar-refractivity contribution in [3.63, 3.8) is 0 Å². The van der Waals surface area contributed by atoms with E-state index in [0.717, 1.165) is 23.9 Å². The summed E-state index contributed by atoms with van der Waals surface area (Å²) < 4.78 is 28.6. The Kier molecular flexibility index (Phi) is 4.57. The van der Waals surface area contributed by atoms with Gasteiger partial charge < -0.3 is 0 Å². The minimum Gasteiger partial charge on any atom is -0.289 e. The summed E-state index contributed by atoms with van der Waals surface area (Å²) in [5.41, 5.74) is 2.60. The van der Waals surface area contributed by atoms with E-state index >= 15 is 0 Å². The average Bonchev–Trinajstić information content (AvgIpc) is 2.91. The molecule has 1 heterocycles. The second kappa shape index (κ2) is 6.81. The lowest BCUT2D eigenvalue weighted by Crippen LogP contribution is -2.01. The number of carbonyl (C=O) groups is 1. The van der Waals surface area contributed by atoms with Crippen molar-refractivity contribution in [2.24, 2.45) is 0 Å². The molecule has 126 valence electrons. The normalized spacial score (nSPS) is 11.2. The molecule has 0 spiro atoms. The number of para-hydroxylation sites is 1. The van der Waals surface area contributed by atoms with Gasteiger partial charge >= 0.3 is 0 Å². The lowest BCUT2D eigenvalue weighted by molar-refractivity contribution is 0.104. The minimum atomic E-state index is -0.584. The van der Waals surface area contributed by atoms with Crippen LogP contribution in [0, 0.1) is 25.5 Å². The van der Waals surface area contributed by atoms with Gasteiger partial charge in [-0.1, -0.05) is 18.2 Å². The Morgan fingerprint density at radius 1 is 1.08 bits per heavy atom. The second-order valence-corrected chi connectivity index (χ2v) is 5.66. The number of rotatable bonds is 4. The van der Waals surface area contributed by atoms with Crippen LogP contribution in [0.1, 0.15) is 27.3 Å². The monoisotopic (exact) mass is 338 g/mol. The number of aromatic nitrogens is 2. The predicted molar refractivity (Wildman–Crippen MR) is 92.8 cm³/mol. The summed E-state index contributed by atoms with van der Waals surface area (Å²) in [5, 5.41) is 4.42. The summed E-state index contributed by atoms with van der Waals surface area (Å²) >= 11 is 0. The number of hydrogen-bond acceptors (Lipinski definition) is 2. The molecular formula is C20H16F2N2O. The van der Waals surface area contributed by atoms with Crippen LogP contribution < -0.4 is 0 Å². The van der Waals surface area contributed by atoms with E-state index in [1.54, 1.807) is 18.5 Å². The summed E-state index contributed by atoms with van der Waals surface area (Å²) in [6.45, 7) is 3.55. The number of halogens is 2. The van der Waals surface area contributed by atoms with Crippen molar-refractivity contribution in [3.8, 4) is 5.69 Å². The van der Waals surface area contributed by atoms with Crippen molar-refractivity contribution in [2.45, 2.75) is 13.8 Å². The first kappa shape index (κ1) is 16.8. The van der Waals surface area contributed by atoms with Crippen molar-refractivity contribution in [3.05, 3.63) is 88.8 Å². The van der Waals surface area contributed by atoms with Crippen molar-refractivity contribution < 1.29 is 13.6 Å². The lowest BCUT2D eigenvalue weighted by atomic mass is 10.1. The van der Waals surface area contributed by atoms with Crippen molar-refractivity contribution >= 4 is 11.9 Å². The molecule has 2 aromatic carbocycles. The van der Waals surface area contributed by atoms with Crippen LogP contribution in [0.15, 0.2) is 54.6 Å². The number of benzene rings is 2. The SMILES string of the molecule is Cc1nn(-c2ccccc2)c(C)c1C(=O)C=Cc1cc(F)ccc1F. The van der Waals surface area contributed by atoms with Gasteiger partial charge in [0, 0.05) is 5.56 Å². The number of hydrogen-bond donors (Lipinski definition) is 0. The molecule has 25 heavy (non-hydrogen) atoms. The van der Waals surface area contributed by atoms with Gasteiger partial charge in [0.25, 0.3) is 0 Å². The van der Waals surface area contributed by atoms with Gasteiger partial charge in [-0.2, -0.15) is 5.10 Å². The molecule has 3 rings (SSSR count). The topological polar surface area (TPSA) is 34.9 Å². The van der Waals surface area contributed by atoms with Gasteiger partial charge in [0.05, 0.1) is 22.6 Å². The molecule has 0 radical (unpaired) electrons. The van der Waals surface area contributed by atoms with Crippen LogP contribution in [0.3, 0.4) is 0 Å². The van der Waals surface area contributed by atoms with E-state index in [1.807, 2.05) is 30.3 Å². The highest BCUT2D eigenvalue weighted by atomic mass is 19.1. The van der Waals surface area contributed by atoms with Crippen LogP contribution >= 0.6 is 0 Å². The lowest BCUT2D eigenvalue weighted by Gasteiger charge is -2.04. The number of nitrogens with zero attached hydrogens (tertiary/aromatic N) is 2. The molecular weight excluding hydrogens is 322 g/mol. The Morgan fingerprint density at radius 2 is 1.80 bits per heavy atom. The zero-order chi connectivity index (χ0) is 18.0. The Morgan fingerprint density at radius 3 is 2.52 bits per heavy atom. The molecule has 0 bridgehead atoms. The first-order valence-electron chi connectivity index (χ1n) is 7.76. The fraction of sp³-hybridized carbons (Fsp3) is 0.100. The molecule has 5 heteroatoms. The number of aryl methyl sites for hydroxylation is 1. The first-order chi connectivity index (χ1) is 12.0. The molecule has 0 unspecified atom stereocenters. The van der Waals surface area contributed by atoms with Gasteiger partial charge in [0.2, 0.25) is 0 Å². The van der Waals surface area contributed by atoms with Crippen LogP contribution in [-0.2, 0) is 0 Å². The van der Waals surface area contributed by atoms with E-state index in [4.69, 9.17) is 0 Å². The summed E-state index contributed by atoms with van der Waals surface area (Å²) in [6.07, 6.45) is 2.52. The zero-order valence-corrected chi connectivity index (χ0v) is 13.8. The highest BCUT2D eigenvalue weighted by Gasteiger charge is 2.17. The number of allylic oxidation sites excluding steroid dienone is 1. The first-order valence-corrected chi connectivity index (χ1v) is 7.76. The number of carbonyl (C=O) groups excluding carboxylic acids is 1. The van der Waals surface area contributed by atoms with E-state index in [-0.39, 0.29) is 11.3 Å². The third-order valence-corrected chi connectivity index (χ3v) is 3.91. The van der Waals surface area contributed by atoms with Crippen LogP contribution in [0.5, 0.6) is 0 Å². The average molecular weight is 338 g/mol. The third kappa shape index (κ3) is 3.40. The van der Waals surface area contributed by atoms with Gasteiger partial charge in [-0.25, -0.2) is 13.5 Å². The van der Waals surface area contributed by atoms with E-state index in [9.17, 15) is 13.6 Å². The molecule has 0 aliphatic rings. The smallest absolute Gasteiger partial charge is 0.189 e. The molecule has 0 fully saturated rings. The van der Waals surface area contributed by atoms with Crippen molar-refractivity contribution in [2.75, 3.05) is 0 Å². The van der Waals surface area contributed by atoms with E-state index < -0.39 is 11.6 Å². The van der Waals surface area contributed by atoms with E-state index in [0.29, 0.717) is 17.0 Å². The molecule has 0 aliphatic carbocycles. The molecule has 0 N–H and O–H groups in total. The maximum Gasteiger partial charge on any atom is 0.189 e. The summed E-state index contributed by atoms with van der Waals surface area (Å²) in [5.74, 6) is -1.45.